The fourth-order valence-electron chi connectivity index (χ4n) is 1.41. The first-order chi connectivity index (χ1) is 7.70. The monoisotopic (exact) mass is 241 g/mol. The summed E-state index contributed by atoms with van der Waals surface area (Å²) >= 11 is 0. The van der Waals surface area contributed by atoms with Gasteiger partial charge >= 0.3 is 7.60 Å². The minimum atomic E-state index is -2.89. The quantitative estimate of drug-likeness (QED) is 0.687. The average Bonchev–Trinajstić information content (AvgIpc) is 2.29. The molecule has 0 saturated carbocycles. The minimum Gasteiger partial charge on any atom is -0.309 e. The van der Waals surface area contributed by atoms with Crippen molar-refractivity contribution in [2.45, 2.75) is 20.3 Å². The maximum absolute atomic E-state index is 12.1. The van der Waals surface area contributed by atoms with Gasteiger partial charge in [-0.2, -0.15) is 0 Å². The van der Waals surface area contributed by atoms with E-state index in [9.17, 15) is 4.57 Å². The summed E-state index contributed by atoms with van der Waals surface area (Å²) in [5, 5.41) is 0. The third-order valence-electron chi connectivity index (χ3n) is 2.11. The van der Waals surface area contributed by atoms with Gasteiger partial charge in [0, 0.05) is 0 Å². The number of benzene rings is 1. The summed E-state index contributed by atoms with van der Waals surface area (Å²) in [6.45, 7) is 4.48. The van der Waals surface area contributed by atoms with Gasteiger partial charge in [-0.1, -0.05) is 24.3 Å². The Hall–Kier alpha value is -0.630. The van der Waals surface area contributed by atoms with Crippen LogP contribution in [0.15, 0.2) is 24.3 Å². The molecule has 89 valence electrons. The summed E-state index contributed by atoms with van der Waals surface area (Å²) in [5.41, 5.74) is 1.12. The van der Waals surface area contributed by atoms with E-state index in [1.54, 1.807) is 0 Å². The molecule has 0 bridgehead atoms. The van der Waals surface area contributed by atoms with Gasteiger partial charge in [-0.25, -0.2) is 0 Å². The molecule has 0 saturated heterocycles. The third-order valence-corrected chi connectivity index (χ3v) is 4.19. The van der Waals surface area contributed by atoms with Crippen molar-refractivity contribution in [2.24, 2.45) is 0 Å². The van der Waals surface area contributed by atoms with Gasteiger partial charge in [-0.3, -0.25) is 4.57 Å². The van der Waals surface area contributed by atoms with Crippen LogP contribution in [0.2, 0.25) is 0 Å². The second-order valence-corrected chi connectivity index (χ2v) is 5.51. The third kappa shape index (κ3) is 4.48. The first-order valence-electron chi connectivity index (χ1n) is 5.53. The van der Waals surface area contributed by atoms with Crippen molar-refractivity contribution in [1.82, 2.24) is 0 Å². The fourth-order valence-corrected chi connectivity index (χ4v) is 3.07. The zero-order valence-corrected chi connectivity index (χ0v) is 10.7. The highest BCUT2D eigenvalue weighted by atomic mass is 31.2. The molecule has 0 aliphatic rings. The fraction of sp³-hybridized carbons (Fsp3) is 0.500. The zero-order chi connectivity index (χ0) is 11.9. The van der Waals surface area contributed by atoms with E-state index in [0.717, 1.165) is 5.56 Å². The van der Waals surface area contributed by atoms with Crippen molar-refractivity contribution in [3.8, 4) is 0 Å². The Morgan fingerprint density at radius 2 is 1.75 bits per heavy atom. The highest BCUT2D eigenvalue weighted by Gasteiger charge is 2.22. The predicted molar refractivity (Wildman–Crippen MR) is 64.7 cm³/mol. The molecule has 3 nitrogen and oxygen atoms in total. The summed E-state index contributed by atoms with van der Waals surface area (Å²) in [6, 6.07) is 10.6. The number of hydrogen-bond acceptors (Lipinski definition) is 3. The van der Waals surface area contributed by atoms with E-state index in [1.165, 1.54) is 0 Å². The molecule has 0 N–H and O–H groups in total. The number of rotatable bonds is 7. The van der Waals surface area contributed by atoms with Crippen molar-refractivity contribution >= 4 is 7.60 Å². The van der Waals surface area contributed by atoms with E-state index in [1.807, 2.05) is 38.1 Å². The van der Waals surface area contributed by atoms with Crippen LogP contribution in [0.3, 0.4) is 0 Å². The van der Waals surface area contributed by atoms with Crippen LogP contribution in [0, 0.1) is 6.07 Å². The van der Waals surface area contributed by atoms with E-state index in [2.05, 4.69) is 6.07 Å². The van der Waals surface area contributed by atoms with Crippen LogP contribution in [-0.4, -0.2) is 19.4 Å². The Morgan fingerprint density at radius 1 is 1.19 bits per heavy atom. The van der Waals surface area contributed by atoms with E-state index in [0.29, 0.717) is 25.8 Å². The average molecular weight is 241 g/mol. The molecule has 0 atom stereocenters. The molecule has 1 aromatic carbocycles. The minimum absolute atomic E-state index is 0.417. The number of hydrogen-bond donors (Lipinski definition) is 0. The van der Waals surface area contributed by atoms with Crippen LogP contribution >= 0.6 is 7.60 Å². The van der Waals surface area contributed by atoms with Gasteiger partial charge in [0.25, 0.3) is 0 Å². The van der Waals surface area contributed by atoms with Crippen molar-refractivity contribution in [2.75, 3.05) is 19.4 Å². The molecule has 0 aromatic heterocycles. The zero-order valence-electron chi connectivity index (χ0n) is 9.81. The van der Waals surface area contributed by atoms with E-state index in [-0.39, 0.29) is 0 Å². The van der Waals surface area contributed by atoms with Gasteiger partial charge in [0.05, 0.1) is 19.4 Å². The predicted octanol–water partition coefficient (Wildman–Crippen LogP) is 3.30. The maximum atomic E-state index is 12.1. The second-order valence-electron chi connectivity index (χ2n) is 3.33. The molecular formula is C12H18O3P. The molecule has 0 unspecified atom stereocenters. The molecule has 1 rings (SSSR count). The van der Waals surface area contributed by atoms with E-state index in [4.69, 9.17) is 9.05 Å². The molecule has 0 fully saturated rings. The van der Waals surface area contributed by atoms with E-state index >= 15 is 0 Å². The van der Waals surface area contributed by atoms with Gasteiger partial charge in [-0.15, -0.1) is 0 Å². The van der Waals surface area contributed by atoms with Crippen molar-refractivity contribution < 1.29 is 13.6 Å². The largest absolute Gasteiger partial charge is 0.330 e. The molecule has 4 heteroatoms. The number of aryl methyl sites for hydroxylation is 1. The van der Waals surface area contributed by atoms with Gasteiger partial charge in [0.1, 0.15) is 0 Å². The van der Waals surface area contributed by atoms with Crippen molar-refractivity contribution in [3.63, 3.8) is 0 Å². The van der Waals surface area contributed by atoms with Gasteiger partial charge < -0.3 is 9.05 Å². The van der Waals surface area contributed by atoms with Gasteiger partial charge in [0.2, 0.25) is 0 Å². The SMILES string of the molecule is CCOP(=O)(CCc1cc[c]cc1)OCC. The van der Waals surface area contributed by atoms with Crippen LogP contribution in [-0.2, 0) is 20.0 Å². The smallest absolute Gasteiger partial charge is 0.309 e. The lowest BCUT2D eigenvalue weighted by molar-refractivity contribution is 0.220. The highest BCUT2D eigenvalue weighted by Crippen LogP contribution is 2.48. The lowest BCUT2D eigenvalue weighted by Crippen LogP contribution is -2.02. The molecule has 16 heavy (non-hydrogen) atoms. The normalized spacial score (nSPS) is 11.6. The highest BCUT2D eigenvalue weighted by molar-refractivity contribution is 7.53. The van der Waals surface area contributed by atoms with E-state index < -0.39 is 7.60 Å². The summed E-state index contributed by atoms with van der Waals surface area (Å²) in [5.74, 6) is 0. The summed E-state index contributed by atoms with van der Waals surface area (Å²) < 4.78 is 22.6. The summed E-state index contributed by atoms with van der Waals surface area (Å²) in [4.78, 5) is 0. The maximum Gasteiger partial charge on any atom is 0.330 e. The van der Waals surface area contributed by atoms with Crippen LogP contribution in [0.25, 0.3) is 0 Å². The van der Waals surface area contributed by atoms with Crippen molar-refractivity contribution in [3.05, 3.63) is 35.9 Å². The second kappa shape index (κ2) is 6.85. The van der Waals surface area contributed by atoms with Gasteiger partial charge in [0.15, 0.2) is 0 Å². The van der Waals surface area contributed by atoms with Crippen LogP contribution in [0.5, 0.6) is 0 Å². The van der Waals surface area contributed by atoms with Crippen LogP contribution in [0.4, 0.5) is 0 Å². The molecule has 1 aromatic rings. The molecule has 0 aliphatic heterocycles. The standard InChI is InChI=1S/C12H18O3P/c1-3-14-16(13,15-4-2)11-10-12-8-6-5-7-9-12/h6-9H,3-4,10-11H2,1-2H3. The molecule has 0 aliphatic carbocycles. The first kappa shape index (κ1) is 13.4. The molecular weight excluding hydrogens is 223 g/mol. The molecule has 0 heterocycles. The molecule has 0 spiro atoms. The topological polar surface area (TPSA) is 35.5 Å². The lowest BCUT2D eigenvalue weighted by Gasteiger charge is -2.16. The van der Waals surface area contributed by atoms with Crippen molar-refractivity contribution in [1.29, 1.82) is 0 Å². The Labute approximate surface area is 97.3 Å². The van der Waals surface area contributed by atoms with Crippen LogP contribution < -0.4 is 0 Å². The van der Waals surface area contributed by atoms with Crippen LogP contribution in [0.1, 0.15) is 19.4 Å². The Morgan fingerprint density at radius 3 is 2.25 bits per heavy atom. The van der Waals surface area contributed by atoms with Gasteiger partial charge in [-0.05, 0) is 31.9 Å². The summed E-state index contributed by atoms with van der Waals surface area (Å²) in [7, 11) is -2.89. The molecule has 1 radical (unpaired) electrons. The Bertz CT molecular complexity index is 327. The Kier molecular flexibility index (Phi) is 5.75. The summed E-state index contributed by atoms with van der Waals surface area (Å²) in [6.07, 6.45) is 1.13. The Balaban J connectivity index is 2.53. The lowest BCUT2D eigenvalue weighted by atomic mass is 10.2. The first-order valence-corrected chi connectivity index (χ1v) is 7.26. The molecule has 0 amide bonds.